The van der Waals surface area contributed by atoms with Crippen LogP contribution in [0, 0.1) is 0 Å². The van der Waals surface area contributed by atoms with E-state index in [1.807, 2.05) is 12.1 Å². The van der Waals surface area contributed by atoms with Crippen LogP contribution >= 0.6 is 0 Å². The maximum Gasteiger partial charge on any atom is 0.118 e. The Hall–Kier alpha value is -1.06. The van der Waals surface area contributed by atoms with Gasteiger partial charge in [-0.05, 0) is 50.6 Å². The molecule has 0 bridgehead atoms. The molecule has 1 fully saturated rings. The summed E-state index contributed by atoms with van der Waals surface area (Å²) in [6.07, 6.45) is 6.11. The van der Waals surface area contributed by atoms with Crippen LogP contribution in [0.3, 0.4) is 0 Å². The molecule has 0 aromatic heterocycles. The van der Waals surface area contributed by atoms with Gasteiger partial charge in [-0.25, -0.2) is 0 Å². The van der Waals surface area contributed by atoms with Crippen molar-refractivity contribution in [2.24, 2.45) is 5.73 Å². The minimum Gasteiger partial charge on any atom is -0.497 e. The van der Waals surface area contributed by atoms with Gasteiger partial charge in [0.25, 0.3) is 0 Å². The molecule has 3 heteroatoms. The zero-order valence-electron chi connectivity index (χ0n) is 12.2. The molecule has 0 atom stereocenters. The van der Waals surface area contributed by atoms with Crippen LogP contribution in [0.15, 0.2) is 24.3 Å². The van der Waals surface area contributed by atoms with E-state index in [9.17, 15) is 0 Å². The minimum atomic E-state index is 0.105. The first-order valence-electron chi connectivity index (χ1n) is 7.22. The lowest BCUT2D eigenvalue weighted by Gasteiger charge is -2.26. The van der Waals surface area contributed by atoms with Crippen LogP contribution in [-0.2, 0) is 6.54 Å². The molecule has 1 aliphatic rings. The zero-order chi connectivity index (χ0) is 13.7. The van der Waals surface area contributed by atoms with Crippen molar-refractivity contribution in [1.82, 2.24) is 4.90 Å². The number of hydrogen-bond acceptors (Lipinski definition) is 3. The van der Waals surface area contributed by atoms with Crippen molar-refractivity contribution in [2.45, 2.75) is 44.2 Å². The average Bonchev–Trinajstić information content (AvgIpc) is 2.85. The summed E-state index contributed by atoms with van der Waals surface area (Å²) >= 11 is 0. The van der Waals surface area contributed by atoms with Gasteiger partial charge < -0.3 is 15.4 Å². The Morgan fingerprint density at radius 1 is 1.21 bits per heavy atom. The number of rotatable bonds is 6. The second-order valence-corrected chi connectivity index (χ2v) is 5.91. The number of benzene rings is 1. The summed E-state index contributed by atoms with van der Waals surface area (Å²) in [5, 5.41) is 0. The van der Waals surface area contributed by atoms with Crippen LogP contribution in [-0.4, -0.2) is 31.1 Å². The molecule has 19 heavy (non-hydrogen) atoms. The first-order chi connectivity index (χ1) is 9.11. The molecule has 0 spiro atoms. The maximum absolute atomic E-state index is 6.40. The third kappa shape index (κ3) is 4.22. The average molecular weight is 262 g/mol. The largest absolute Gasteiger partial charge is 0.497 e. The fraction of sp³-hybridized carbons (Fsp3) is 0.625. The van der Waals surface area contributed by atoms with Crippen molar-refractivity contribution in [3.63, 3.8) is 0 Å². The number of methoxy groups -OCH3 is 1. The van der Waals surface area contributed by atoms with E-state index in [0.29, 0.717) is 0 Å². The highest BCUT2D eigenvalue weighted by atomic mass is 16.5. The summed E-state index contributed by atoms with van der Waals surface area (Å²) in [6.45, 7) is 2.04. The van der Waals surface area contributed by atoms with Crippen molar-refractivity contribution in [1.29, 1.82) is 0 Å². The second-order valence-electron chi connectivity index (χ2n) is 5.91. The van der Waals surface area contributed by atoms with Gasteiger partial charge in [-0.2, -0.15) is 0 Å². The van der Waals surface area contributed by atoms with Crippen LogP contribution in [0.1, 0.15) is 37.7 Å². The lowest BCUT2D eigenvalue weighted by molar-refractivity contribution is 0.273. The molecule has 0 saturated heterocycles. The Morgan fingerprint density at radius 3 is 2.42 bits per heavy atom. The van der Waals surface area contributed by atoms with Gasteiger partial charge in [0.05, 0.1) is 7.11 Å². The summed E-state index contributed by atoms with van der Waals surface area (Å²) in [4.78, 5) is 2.36. The predicted octanol–water partition coefficient (Wildman–Crippen LogP) is 2.79. The third-order valence-corrected chi connectivity index (χ3v) is 4.20. The summed E-state index contributed by atoms with van der Waals surface area (Å²) < 4.78 is 5.17. The van der Waals surface area contributed by atoms with Gasteiger partial charge in [0, 0.05) is 12.1 Å². The number of hydrogen-bond donors (Lipinski definition) is 1. The zero-order valence-corrected chi connectivity index (χ0v) is 12.2. The van der Waals surface area contributed by atoms with E-state index < -0.39 is 0 Å². The summed E-state index contributed by atoms with van der Waals surface area (Å²) in [7, 11) is 3.87. The van der Waals surface area contributed by atoms with Gasteiger partial charge >= 0.3 is 0 Å². The fourth-order valence-corrected chi connectivity index (χ4v) is 2.86. The van der Waals surface area contributed by atoms with Gasteiger partial charge in [0.1, 0.15) is 5.75 Å². The van der Waals surface area contributed by atoms with E-state index in [1.54, 1.807) is 7.11 Å². The summed E-state index contributed by atoms with van der Waals surface area (Å²) in [5.74, 6) is 0.915. The molecule has 1 aliphatic carbocycles. The smallest absolute Gasteiger partial charge is 0.118 e. The van der Waals surface area contributed by atoms with Crippen LogP contribution in [0.2, 0.25) is 0 Å². The number of nitrogens with two attached hydrogens (primary N) is 1. The molecule has 106 valence electrons. The lowest BCUT2D eigenvalue weighted by Crippen LogP contribution is -2.39. The third-order valence-electron chi connectivity index (χ3n) is 4.20. The number of nitrogens with zero attached hydrogens (tertiary/aromatic N) is 1. The van der Waals surface area contributed by atoms with Crippen LogP contribution in [0.4, 0.5) is 0 Å². The Bertz CT molecular complexity index is 382. The normalized spacial score (nSPS) is 17.9. The highest BCUT2D eigenvalue weighted by Gasteiger charge is 2.28. The second kappa shape index (κ2) is 6.40. The molecule has 2 N–H and O–H groups in total. The van der Waals surface area contributed by atoms with Gasteiger partial charge in [0.2, 0.25) is 0 Å². The number of ether oxygens (including phenoxy) is 1. The highest BCUT2D eigenvalue weighted by Crippen LogP contribution is 2.30. The first kappa shape index (κ1) is 14.4. The van der Waals surface area contributed by atoms with E-state index in [-0.39, 0.29) is 5.54 Å². The Labute approximate surface area is 116 Å². The molecule has 1 saturated carbocycles. The molecular weight excluding hydrogens is 236 g/mol. The van der Waals surface area contributed by atoms with Gasteiger partial charge in [-0.3, -0.25) is 0 Å². The van der Waals surface area contributed by atoms with E-state index in [4.69, 9.17) is 10.5 Å². The standard InChI is InChI=1S/C16H26N2O/c1-18(12-11-16(17)9-3-4-10-16)13-14-5-7-15(19-2)8-6-14/h5-8H,3-4,9-13,17H2,1-2H3. The summed E-state index contributed by atoms with van der Waals surface area (Å²) in [5.41, 5.74) is 7.82. The predicted molar refractivity (Wildman–Crippen MR) is 79.3 cm³/mol. The monoisotopic (exact) mass is 262 g/mol. The molecule has 0 radical (unpaired) electrons. The SMILES string of the molecule is COc1ccc(CN(C)CCC2(N)CCCC2)cc1. The summed E-state index contributed by atoms with van der Waals surface area (Å²) in [6, 6.07) is 8.29. The molecule has 1 aromatic rings. The topological polar surface area (TPSA) is 38.5 Å². The van der Waals surface area contributed by atoms with Crippen molar-refractivity contribution in [3.05, 3.63) is 29.8 Å². The molecular formula is C16H26N2O. The van der Waals surface area contributed by atoms with Crippen molar-refractivity contribution < 1.29 is 4.74 Å². The first-order valence-corrected chi connectivity index (χ1v) is 7.22. The molecule has 0 amide bonds. The Kier molecular flexibility index (Phi) is 4.83. The van der Waals surface area contributed by atoms with E-state index in [0.717, 1.165) is 25.3 Å². The van der Waals surface area contributed by atoms with Gasteiger partial charge in [-0.1, -0.05) is 25.0 Å². The molecule has 1 aromatic carbocycles. The molecule has 2 rings (SSSR count). The fourth-order valence-electron chi connectivity index (χ4n) is 2.86. The van der Waals surface area contributed by atoms with Crippen LogP contribution in [0.5, 0.6) is 5.75 Å². The van der Waals surface area contributed by atoms with E-state index >= 15 is 0 Å². The molecule has 0 unspecified atom stereocenters. The van der Waals surface area contributed by atoms with Crippen LogP contribution < -0.4 is 10.5 Å². The maximum atomic E-state index is 6.40. The highest BCUT2D eigenvalue weighted by molar-refractivity contribution is 5.27. The minimum absolute atomic E-state index is 0.105. The molecule has 0 aliphatic heterocycles. The Balaban J connectivity index is 1.78. The van der Waals surface area contributed by atoms with E-state index in [2.05, 4.69) is 24.1 Å². The van der Waals surface area contributed by atoms with Gasteiger partial charge in [0.15, 0.2) is 0 Å². The molecule has 0 heterocycles. The lowest BCUT2D eigenvalue weighted by atomic mass is 9.94. The quantitative estimate of drug-likeness (QED) is 0.856. The van der Waals surface area contributed by atoms with Crippen molar-refractivity contribution >= 4 is 0 Å². The van der Waals surface area contributed by atoms with Gasteiger partial charge in [-0.15, -0.1) is 0 Å². The van der Waals surface area contributed by atoms with Crippen molar-refractivity contribution in [2.75, 3.05) is 20.7 Å². The van der Waals surface area contributed by atoms with Crippen molar-refractivity contribution in [3.8, 4) is 5.75 Å². The molecule has 3 nitrogen and oxygen atoms in total. The van der Waals surface area contributed by atoms with Crippen LogP contribution in [0.25, 0.3) is 0 Å². The Morgan fingerprint density at radius 2 is 1.84 bits per heavy atom. The van der Waals surface area contributed by atoms with E-state index in [1.165, 1.54) is 31.2 Å².